The average Bonchev–Trinajstić information content (AvgIpc) is 3.32. The molecular weight excluding hydrogens is 516 g/mol. The lowest BCUT2D eigenvalue weighted by atomic mass is 10.1. The van der Waals surface area contributed by atoms with Crippen LogP contribution in [0.5, 0.6) is 5.75 Å². The number of rotatable bonds is 6. The Morgan fingerprint density at radius 3 is 2.81 bits per heavy atom. The van der Waals surface area contributed by atoms with Gasteiger partial charge in [0.25, 0.3) is 11.6 Å². The number of carbonyl (C=O) groups is 1. The minimum atomic E-state index is -0.458. The van der Waals surface area contributed by atoms with Crippen LogP contribution in [-0.4, -0.2) is 31.5 Å². The molecule has 8 nitrogen and oxygen atoms in total. The van der Waals surface area contributed by atoms with E-state index in [2.05, 4.69) is 26.3 Å². The quantitative estimate of drug-likeness (QED) is 0.205. The zero-order valence-electron chi connectivity index (χ0n) is 16.6. The second-order valence-electron chi connectivity index (χ2n) is 6.59. The van der Waals surface area contributed by atoms with Crippen LogP contribution in [0.4, 0.5) is 5.69 Å². The van der Waals surface area contributed by atoms with Crippen LogP contribution in [0.1, 0.15) is 12.5 Å². The number of nitro groups is 1. The van der Waals surface area contributed by atoms with Crippen molar-refractivity contribution in [1.82, 2.24) is 15.1 Å². The van der Waals surface area contributed by atoms with Crippen molar-refractivity contribution in [2.75, 3.05) is 6.61 Å². The minimum absolute atomic E-state index is 0.0423. The van der Waals surface area contributed by atoms with Crippen LogP contribution < -0.4 is 10.1 Å². The molecule has 32 heavy (non-hydrogen) atoms. The van der Waals surface area contributed by atoms with Gasteiger partial charge in [-0.1, -0.05) is 30.0 Å². The van der Waals surface area contributed by atoms with Crippen molar-refractivity contribution in [2.24, 2.45) is 0 Å². The molecule has 0 atom stereocenters. The van der Waals surface area contributed by atoms with E-state index in [0.29, 0.717) is 38.5 Å². The monoisotopic (exact) mass is 530 g/mol. The van der Waals surface area contributed by atoms with Crippen molar-refractivity contribution in [2.45, 2.75) is 6.92 Å². The van der Waals surface area contributed by atoms with Crippen molar-refractivity contribution in [3.05, 3.63) is 73.7 Å². The molecule has 1 aromatic heterocycles. The zero-order valence-corrected chi connectivity index (χ0v) is 19.8. The number of amides is 1. The van der Waals surface area contributed by atoms with Crippen LogP contribution in [0, 0.1) is 10.1 Å². The second kappa shape index (κ2) is 9.23. The number of benzene rings is 2. The van der Waals surface area contributed by atoms with Gasteiger partial charge in [-0.15, -0.1) is 0 Å². The fraction of sp³-hybridized carbons (Fsp3) is 0.0952. The Hall–Kier alpha value is -3.02. The molecule has 1 fully saturated rings. The van der Waals surface area contributed by atoms with E-state index in [1.807, 2.05) is 25.1 Å². The van der Waals surface area contributed by atoms with E-state index >= 15 is 0 Å². The fourth-order valence-corrected chi connectivity index (χ4v) is 4.61. The molecule has 1 aliphatic rings. The number of non-ortho nitro benzene ring substituents is 1. The molecule has 0 bridgehead atoms. The Kier molecular flexibility index (Phi) is 6.40. The number of carbonyl (C=O) groups excluding carboxylic acids is 1. The number of hydrogen-bond donors (Lipinski definition) is 1. The summed E-state index contributed by atoms with van der Waals surface area (Å²) in [5, 5.41) is 18.5. The van der Waals surface area contributed by atoms with Gasteiger partial charge in [0.2, 0.25) is 0 Å². The predicted molar refractivity (Wildman–Crippen MR) is 131 cm³/mol. The predicted octanol–water partition coefficient (Wildman–Crippen LogP) is 5.10. The lowest BCUT2D eigenvalue weighted by Gasteiger charge is -2.07. The lowest BCUT2D eigenvalue weighted by Crippen LogP contribution is -2.17. The van der Waals surface area contributed by atoms with Crippen LogP contribution in [-0.2, 0) is 4.79 Å². The summed E-state index contributed by atoms with van der Waals surface area (Å²) in [6.45, 7) is 2.43. The molecule has 11 heteroatoms. The molecular formula is C21H15BrN4O4S2. The first-order valence-electron chi connectivity index (χ1n) is 9.37. The van der Waals surface area contributed by atoms with Crippen LogP contribution in [0.25, 0.3) is 23.0 Å². The van der Waals surface area contributed by atoms with Gasteiger partial charge in [-0.05, 0) is 53.2 Å². The Bertz CT molecular complexity index is 1290. The summed E-state index contributed by atoms with van der Waals surface area (Å²) in [5.74, 6) is 0.423. The first-order chi connectivity index (χ1) is 15.4. The summed E-state index contributed by atoms with van der Waals surface area (Å²) < 4.78 is 8.28. The van der Waals surface area contributed by atoms with Gasteiger partial charge in [0, 0.05) is 29.5 Å². The summed E-state index contributed by atoms with van der Waals surface area (Å²) >= 11 is 9.77. The van der Waals surface area contributed by atoms with Crippen LogP contribution in [0.2, 0.25) is 0 Å². The fourth-order valence-electron chi connectivity index (χ4n) is 3.08. The lowest BCUT2D eigenvalue weighted by molar-refractivity contribution is -0.384. The Balaban J connectivity index is 1.84. The molecule has 1 saturated heterocycles. The molecule has 0 unspecified atom stereocenters. The van der Waals surface area contributed by atoms with Crippen LogP contribution >= 0.6 is 39.9 Å². The highest BCUT2D eigenvalue weighted by molar-refractivity contribution is 9.10. The number of halogens is 1. The Morgan fingerprint density at radius 2 is 2.16 bits per heavy atom. The number of thiocarbonyl (C=S) groups is 1. The van der Waals surface area contributed by atoms with Crippen molar-refractivity contribution < 1.29 is 14.5 Å². The maximum absolute atomic E-state index is 12.2. The highest BCUT2D eigenvalue weighted by atomic mass is 79.9. The van der Waals surface area contributed by atoms with Gasteiger partial charge in [0.15, 0.2) is 0 Å². The van der Waals surface area contributed by atoms with Gasteiger partial charge in [-0.25, -0.2) is 4.68 Å². The van der Waals surface area contributed by atoms with E-state index in [0.717, 1.165) is 10.0 Å². The van der Waals surface area contributed by atoms with E-state index < -0.39 is 4.92 Å². The average molecular weight is 531 g/mol. The molecule has 0 saturated carbocycles. The second-order valence-corrected chi connectivity index (χ2v) is 9.16. The molecule has 2 aromatic carbocycles. The standard InChI is InChI=1S/C21H15BrN4O4S2/c1-2-30-17-7-6-12(8-16(17)22)19-13(9-18-20(27)23-21(31)32-18)11-25(24-19)14-4-3-5-15(10-14)26(28)29/h3-11H,2H2,1H3,(H,23,27,31)/b18-9-. The Labute approximate surface area is 200 Å². The molecule has 0 spiro atoms. The van der Waals surface area contributed by atoms with Gasteiger partial charge in [-0.2, -0.15) is 5.10 Å². The molecule has 1 N–H and O–H groups in total. The summed E-state index contributed by atoms with van der Waals surface area (Å²) in [6.07, 6.45) is 3.43. The van der Waals surface area contributed by atoms with Gasteiger partial charge < -0.3 is 10.1 Å². The van der Waals surface area contributed by atoms with E-state index in [4.69, 9.17) is 17.0 Å². The first-order valence-corrected chi connectivity index (χ1v) is 11.4. The maximum Gasteiger partial charge on any atom is 0.271 e. The summed E-state index contributed by atoms with van der Waals surface area (Å²) in [6, 6.07) is 11.7. The zero-order chi connectivity index (χ0) is 22.8. The number of hydrogen-bond acceptors (Lipinski definition) is 7. The van der Waals surface area contributed by atoms with Crippen molar-refractivity contribution >= 4 is 61.9 Å². The van der Waals surface area contributed by atoms with E-state index in [1.54, 1.807) is 29.1 Å². The topological polar surface area (TPSA) is 99.3 Å². The van der Waals surface area contributed by atoms with Gasteiger partial charge in [0.05, 0.1) is 26.6 Å². The summed E-state index contributed by atoms with van der Waals surface area (Å²) in [5.41, 5.74) is 2.52. The van der Waals surface area contributed by atoms with Crippen LogP contribution in [0.3, 0.4) is 0 Å². The van der Waals surface area contributed by atoms with Crippen molar-refractivity contribution in [3.8, 4) is 22.7 Å². The van der Waals surface area contributed by atoms with E-state index in [9.17, 15) is 14.9 Å². The molecule has 3 aromatic rings. The number of nitrogens with one attached hydrogen (secondary N) is 1. The van der Waals surface area contributed by atoms with E-state index in [-0.39, 0.29) is 11.6 Å². The first kappa shape index (κ1) is 22.2. The molecule has 0 radical (unpaired) electrons. The molecule has 4 rings (SSSR count). The number of ether oxygens (including phenoxy) is 1. The summed E-state index contributed by atoms with van der Waals surface area (Å²) in [7, 11) is 0. The number of nitrogens with zero attached hydrogens (tertiary/aromatic N) is 3. The molecule has 1 aliphatic heterocycles. The van der Waals surface area contributed by atoms with Crippen molar-refractivity contribution in [3.63, 3.8) is 0 Å². The highest BCUT2D eigenvalue weighted by Gasteiger charge is 2.24. The smallest absolute Gasteiger partial charge is 0.271 e. The van der Waals surface area contributed by atoms with E-state index in [1.165, 1.54) is 23.9 Å². The molecule has 1 amide bonds. The maximum atomic E-state index is 12.2. The molecule has 2 heterocycles. The van der Waals surface area contributed by atoms with Crippen molar-refractivity contribution in [1.29, 1.82) is 0 Å². The van der Waals surface area contributed by atoms with Gasteiger partial charge in [-0.3, -0.25) is 14.9 Å². The summed E-state index contributed by atoms with van der Waals surface area (Å²) in [4.78, 5) is 23.4. The van der Waals surface area contributed by atoms with Gasteiger partial charge in [0.1, 0.15) is 15.8 Å². The highest BCUT2D eigenvalue weighted by Crippen LogP contribution is 2.34. The minimum Gasteiger partial charge on any atom is -0.493 e. The molecule has 162 valence electrons. The van der Waals surface area contributed by atoms with Gasteiger partial charge >= 0.3 is 0 Å². The SMILES string of the molecule is CCOc1ccc(-c2nn(-c3cccc([N+](=O)[O-])c3)cc2/C=C2\SC(=S)NC2=O)cc1Br. The van der Waals surface area contributed by atoms with Crippen LogP contribution in [0.15, 0.2) is 58.0 Å². The third-order valence-corrected chi connectivity index (χ3v) is 6.26. The number of nitro benzene ring substituents is 1. The largest absolute Gasteiger partial charge is 0.493 e. The molecule has 0 aliphatic carbocycles. The third-order valence-electron chi connectivity index (χ3n) is 4.48. The normalized spacial score (nSPS) is 14.6. The Morgan fingerprint density at radius 1 is 1.34 bits per heavy atom. The number of aromatic nitrogens is 2. The third kappa shape index (κ3) is 4.59. The number of thioether (sulfide) groups is 1.